The van der Waals surface area contributed by atoms with Crippen molar-refractivity contribution in [3.8, 4) is 34.2 Å². The highest BCUT2D eigenvalue weighted by Crippen LogP contribution is 2.33. The smallest absolute Gasteiger partial charge is 0.343 e. The molecule has 0 saturated carbocycles. The molecule has 0 aliphatic rings. The average molecular weight is 541 g/mol. The monoisotopic (exact) mass is 540 g/mol. The molecule has 3 aromatic carbocycles. The van der Waals surface area contributed by atoms with Crippen molar-refractivity contribution >= 4 is 23.0 Å². The number of imidazole rings is 1. The number of esters is 2. The van der Waals surface area contributed by atoms with E-state index in [0.29, 0.717) is 29.5 Å². The SMILES string of the molecule is CCOc1nc2cccc(C(=O)OCOC(=O)C(C)(C)C)c2n1-c1ccc(-c2ccccc2-c2nnn[nH]2)cc1. The van der Waals surface area contributed by atoms with Crippen LogP contribution in [0.25, 0.3) is 39.2 Å². The van der Waals surface area contributed by atoms with E-state index in [0.717, 1.165) is 22.4 Å². The van der Waals surface area contributed by atoms with E-state index in [2.05, 4.69) is 25.6 Å². The van der Waals surface area contributed by atoms with E-state index in [1.54, 1.807) is 43.5 Å². The number of rotatable bonds is 8. The second kappa shape index (κ2) is 11.0. The van der Waals surface area contributed by atoms with Crippen molar-refractivity contribution < 1.29 is 23.8 Å². The Morgan fingerprint density at radius 2 is 1.68 bits per heavy atom. The molecule has 11 heteroatoms. The summed E-state index contributed by atoms with van der Waals surface area (Å²) >= 11 is 0. The van der Waals surface area contributed by atoms with Crippen LogP contribution < -0.4 is 4.74 Å². The quantitative estimate of drug-likeness (QED) is 0.214. The van der Waals surface area contributed by atoms with Crippen molar-refractivity contribution in [2.75, 3.05) is 13.4 Å². The van der Waals surface area contributed by atoms with Gasteiger partial charge in [0.05, 0.1) is 34.3 Å². The Morgan fingerprint density at radius 1 is 0.925 bits per heavy atom. The van der Waals surface area contributed by atoms with Crippen molar-refractivity contribution in [1.82, 2.24) is 30.2 Å². The van der Waals surface area contributed by atoms with Crippen LogP contribution >= 0.6 is 0 Å². The number of para-hydroxylation sites is 1. The van der Waals surface area contributed by atoms with Crippen LogP contribution in [0.5, 0.6) is 6.01 Å². The van der Waals surface area contributed by atoms with Gasteiger partial charge in [0.15, 0.2) is 5.82 Å². The Bertz CT molecular complexity index is 1650. The van der Waals surface area contributed by atoms with Crippen LogP contribution in [0.4, 0.5) is 0 Å². The molecule has 2 aromatic heterocycles. The van der Waals surface area contributed by atoms with Crippen LogP contribution in [0.3, 0.4) is 0 Å². The number of carbonyl (C=O) groups excluding carboxylic acids is 2. The summed E-state index contributed by atoms with van der Waals surface area (Å²) in [7, 11) is 0. The van der Waals surface area contributed by atoms with Gasteiger partial charge in [0, 0.05) is 5.56 Å². The van der Waals surface area contributed by atoms with Crippen LogP contribution in [0.1, 0.15) is 38.1 Å². The number of fused-ring (bicyclic) bond motifs is 1. The fourth-order valence-corrected chi connectivity index (χ4v) is 4.17. The fourth-order valence-electron chi connectivity index (χ4n) is 4.17. The molecule has 0 spiro atoms. The Morgan fingerprint density at radius 3 is 2.35 bits per heavy atom. The van der Waals surface area contributed by atoms with Crippen molar-refractivity contribution in [2.24, 2.45) is 5.41 Å². The first-order chi connectivity index (χ1) is 19.3. The van der Waals surface area contributed by atoms with Crippen molar-refractivity contribution in [3.05, 3.63) is 72.3 Å². The van der Waals surface area contributed by atoms with E-state index in [1.807, 2.05) is 55.5 Å². The maximum Gasteiger partial charge on any atom is 0.343 e. The zero-order valence-electron chi connectivity index (χ0n) is 22.5. The fraction of sp³-hybridized carbons (Fsp3) is 0.241. The summed E-state index contributed by atoms with van der Waals surface area (Å²) < 4.78 is 18.0. The van der Waals surface area contributed by atoms with Crippen LogP contribution in [-0.4, -0.2) is 55.5 Å². The molecule has 1 N–H and O–H groups in total. The first-order valence-corrected chi connectivity index (χ1v) is 12.7. The van der Waals surface area contributed by atoms with Gasteiger partial charge in [-0.15, -0.1) is 5.10 Å². The number of hydrogen-bond acceptors (Lipinski definition) is 9. The summed E-state index contributed by atoms with van der Waals surface area (Å²) in [5.74, 6) is -0.554. The average Bonchev–Trinajstić information content (AvgIpc) is 3.61. The molecule has 0 saturated heterocycles. The molecule has 5 rings (SSSR count). The van der Waals surface area contributed by atoms with Gasteiger partial charge < -0.3 is 14.2 Å². The molecule has 40 heavy (non-hydrogen) atoms. The molecule has 0 unspecified atom stereocenters. The molecule has 0 atom stereocenters. The lowest BCUT2D eigenvalue weighted by Crippen LogP contribution is -2.24. The summed E-state index contributed by atoms with van der Waals surface area (Å²) in [6.07, 6.45) is 0. The number of carbonyl (C=O) groups is 2. The maximum absolute atomic E-state index is 13.1. The summed E-state index contributed by atoms with van der Waals surface area (Å²) in [6.45, 7) is 6.92. The summed E-state index contributed by atoms with van der Waals surface area (Å²) in [6, 6.07) is 21.0. The summed E-state index contributed by atoms with van der Waals surface area (Å²) in [4.78, 5) is 29.8. The van der Waals surface area contributed by atoms with Gasteiger partial charge in [0.1, 0.15) is 0 Å². The van der Waals surface area contributed by atoms with E-state index >= 15 is 0 Å². The summed E-state index contributed by atoms with van der Waals surface area (Å²) in [5, 5.41) is 14.2. The highest BCUT2D eigenvalue weighted by molar-refractivity contribution is 6.03. The first-order valence-electron chi connectivity index (χ1n) is 12.7. The maximum atomic E-state index is 13.1. The van der Waals surface area contributed by atoms with E-state index in [9.17, 15) is 9.59 Å². The molecule has 0 fully saturated rings. The number of benzene rings is 3. The van der Waals surface area contributed by atoms with E-state index in [1.165, 1.54) is 0 Å². The van der Waals surface area contributed by atoms with Crippen LogP contribution in [0, 0.1) is 5.41 Å². The number of ether oxygens (including phenoxy) is 3. The highest BCUT2D eigenvalue weighted by atomic mass is 16.7. The van der Waals surface area contributed by atoms with Gasteiger partial charge >= 0.3 is 17.9 Å². The minimum atomic E-state index is -0.712. The predicted molar refractivity (Wildman–Crippen MR) is 147 cm³/mol. The molecule has 0 bridgehead atoms. The van der Waals surface area contributed by atoms with Gasteiger partial charge in [-0.2, -0.15) is 4.98 Å². The normalized spacial score (nSPS) is 11.4. The van der Waals surface area contributed by atoms with Crippen molar-refractivity contribution in [1.29, 1.82) is 0 Å². The molecule has 0 amide bonds. The number of aromatic nitrogens is 6. The number of nitrogens with one attached hydrogen (secondary N) is 1. The lowest BCUT2D eigenvalue weighted by atomic mass is 9.98. The lowest BCUT2D eigenvalue weighted by molar-refractivity contribution is -0.161. The molecular formula is C29H28N6O5. The number of aromatic amines is 1. The van der Waals surface area contributed by atoms with Crippen LogP contribution in [-0.2, 0) is 14.3 Å². The Kier molecular flexibility index (Phi) is 7.28. The van der Waals surface area contributed by atoms with Crippen molar-refractivity contribution in [3.63, 3.8) is 0 Å². The Labute approximate surface area is 230 Å². The largest absolute Gasteiger partial charge is 0.465 e. The van der Waals surface area contributed by atoms with Gasteiger partial charge in [0.2, 0.25) is 6.79 Å². The van der Waals surface area contributed by atoms with E-state index < -0.39 is 24.1 Å². The van der Waals surface area contributed by atoms with Gasteiger partial charge in [0.25, 0.3) is 0 Å². The van der Waals surface area contributed by atoms with Gasteiger partial charge in [-0.25, -0.2) is 9.89 Å². The number of nitrogens with zero attached hydrogens (tertiary/aromatic N) is 5. The third kappa shape index (κ3) is 5.26. The molecule has 2 heterocycles. The minimum absolute atomic E-state index is 0.259. The zero-order chi connectivity index (χ0) is 28.3. The van der Waals surface area contributed by atoms with E-state index in [4.69, 9.17) is 14.2 Å². The third-order valence-corrected chi connectivity index (χ3v) is 6.10. The number of hydrogen-bond donors (Lipinski definition) is 1. The van der Waals surface area contributed by atoms with Crippen LogP contribution in [0.2, 0.25) is 0 Å². The molecule has 11 nitrogen and oxygen atoms in total. The molecule has 204 valence electrons. The topological polar surface area (TPSA) is 134 Å². The summed E-state index contributed by atoms with van der Waals surface area (Å²) in [5.41, 5.74) is 4.09. The minimum Gasteiger partial charge on any atom is -0.465 e. The molecule has 0 radical (unpaired) electrons. The van der Waals surface area contributed by atoms with E-state index in [-0.39, 0.29) is 5.56 Å². The predicted octanol–water partition coefficient (Wildman–Crippen LogP) is 4.97. The third-order valence-electron chi connectivity index (χ3n) is 6.10. The Hall–Kier alpha value is -5.06. The standard InChI is InChI=1S/C29H28N6O5/c1-5-38-28-30-23-12-8-11-22(26(36)39-17-40-27(37)29(2,3)4)24(23)35(28)19-15-13-18(14-16-19)20-9-6-7-10-21(20)25-31-33-34-32-25/h6-16H,5,17H2,1-4H3,(H,31,32,33,34). The van der Waals surface area contributed by atoms with Crippen LogP contribution in [0.15, 0.2) is 66.7 Å². The van der Waals surface area contributed by atoms with Crippen molar-refractivity contribution in [2.45, 2.75) is 27.7 Å². The molecule has 5 aromatic rings. The second-order valence-corrected chi connectivity index (χ2v) is 9.91. The molecule has 0 aliphatic carbocycles. The second-order valence-electron chi connectivity index (χ2n) is 9.91. The van der Waals surface area contributed by atoms with Gasteiger partial charge in [-0.05, 0) is 73.5 Å². The first kappa shape index (κ1) is 26.5. The number of H-pyrrole nitrogens is 1. The molecule has 0 aliphatic heterocycles. The van der Waals surface area contributed by atoms with Gasteiger partial charge in [-0.3, -0.25) is 9.36 Å². The zero-order valence-corrected chi connectivity index (χ0v) is 22.5. The van der Waals surface area contributed by atoms with Gasteiger partial charge in [-0.1, -0.05) is 42.5 Å². The highest BCUT2D eigenvalue weighted by Gasteiger charge is 2.25. The Balaban J connectivity index is 1.51. The number of tetrazole rings is 1. The molecular weight excluding hydrogens is 512 g/mol. The lowest BCUT2D eigenvalue weighted by Gasteiger charge is -2.16.